The van der Waals surface area contributed by atoms with Crippen molar-refractivity contribution in [2.45, 2.75) is 56.9 Å². The highest BCUT2D eigenvalue weighted by atomic mass is 35.5. The molecular formula is C29H36ClN3O4. The van der Waals surface area contributed by atoms with Crippen LogP contribution in [0.5, 0.6) is 5.75 Å². The van der Waals surface area contributed by atoms with E-state index in [0.717, 1.165) is 58.0 Å². The van der Waals surface area contributed by atoms with Gasteiger partial charge in [0.2, 0.25) is 0 Å². The van der Waals surface area contributed by atoms with E-state index in [-0.39, 0.29) is 30.3 Å². The molecule has 8 heteroatoms. The molecule has 2 aromatic carbocycles. The van der Waals surface area contributed by atoms with E-state index in [4.69, 9.17) is 4.74 Å². The number of halogens is 1. The van der Waals surface area contributed by atoms with Crippen molar-refractivity contribution in [3.8, 4) is 5.75 Å². The molecule has 2 aromatic rings. The molecule has 0 aromatic heterocycles. The summed E-state index contributed by atoms with van der Waals surface area (Å²) in [5.74, 6) is 0.897. The van der Waals surface area contributed by atoms with E-state index >= 15 is 0 Å². The molecular weight excluding hydrogens is 490 g/mol. The minimum absolute atomic E-state index is 0. The van der Waals surface area contributed by atoms with E-state index in [1.165, 1.54) is 20.9 Å². The van der Waals surface area contributed by atoms with Gasteiger partial charge >= 0.3 is 6.09 Å². The number of unbranched alkanes of at least 4 members (excludes halogenated alkanes) is 3. The van der Waals surface area contributed by atoms with Gasteiger partial charge < -0.3 is 9.64 Å². The van der Waals surface area contributed by atoms with Crippen molar-refractivity contribution in [2.24, 2.45) is 0 Å². The number of hydrogen-bond donors (Lipinski definition) is 0. The molecule has 37 heavy (non-hydrogen) atoms. The fourth-order valence-electron chi connectivity index (χ4n) is 6.09. The number of fused-ring (bicyclic) bond motifs is 4. The van der Waals surface area contributed by atoms with Crippen molar-refractivity contribution < 1.29 is 19.1 Å². The maximum absolute atomic E-state index is 12.5. The Labute approximate surface area is 225 Å². The number of amides is 3. The Morgan fingerprint density at radius 3 is 2.27 bits per heavy atom. The maximum Gasteiger partial charge on any atom is 0.414 e. The molecule has 0 bridgehead atoms. The van der Waals surface area contributed by atoms with Crippen LogP contribution in [-0.4, -0.2) is 72.4 Å². The second kappa shape index (κ2) is 11.7. The summed E-state index contributed by atoms with van der Waals surface area (Å²) in [6.07, 6.45) is 6.91. The number of carbonyl (C=O) groups excluding carboxylic acids is 3. The van der Waals surface area contributed by atoms with Gasteiger partial charge in [0.15, 0.2) is 0 Å². The highest BCUT2D eigenvalue weighted by Gasteiger charge is 2.39. The lowest BCUT2D eigenvalue weighted by molar-refractivity contribution is 0.0651. The summed E-state index contributed by atoms with van der Waals surface area (Å²) in [4.78, 5) is 42.6. The highest BCUT2D eigenvalue weighted by Crippen LogP contribution is 2.44. The minimum Gasteiger partial charge on any atom is -0.410 e. The zero-order valence-electron chi connectivity index (χ0n) is 21.7. The minimum atomic E-state index is -0.332. The number of benzene rings is 2. The number of ether oxygens (including phenoxy) is 1. The van der Waals surface area contributed by atoms with E-state index in [0.29, 0.717) is 35.4 Å². The Hall–Kier alpha value is -2.90. The molecule has 2 aliphatic heterocycles. The topological polar surface area (TPSA) is 70.2 Å². The van der Waals surface area contributed by atoms with Crippen LogP contribution >= 0.6 is 12.4 Å². The molecule has 0 unspecified atom stereocenters. The van der Waals surface area contributed by atoms with E-state index in [2.05, 4.69) is 11.0 Å². The third-order valence-corrected chi connectivity index (χ3v) is 7.94. The summed E-state index contributed by atoms with van der Waals surface area (Å²) >= 11 is 0. The summed E-state index contributed by atoms with van der Waals surface area (Å²) in [7, 11) is 3.40. The van der Waals surface area contributed by atoms with Crippen LogP contribution in [0.4, 0.5) is 4.79 Å². The van der Waals surface area contributed by atoms with E-state index in [1.807, 2.05) is 12.1 Å². The van der Waals surface area contributed by atoms with Crippen LogP contribution in [0, 0.1) is 0 Å². The molecule has 3 amide bonds. The predicted molar refractivity (Wildman–Crippen MR) is 145 cm³/mol. The van der Waals surface area contributed by atoms with Gasteiger partial charge in [0.05, 0.1) is 11.1 Å². The predicted octanol–water partition coefficient (Wildman–Crippen LogP) is 5.13. The molecule has 0 radical (unpaired) electrons. The lowest BCUT2D eigenvalue weighted by Gasteiger charge is -2.34. The van der Waals surface area contributed by atoms with Gasteiger partial charge in [-0.1, -0.05) is 37.1 Å². The van der Waals surface area contributed by atoms with Crippen molar-refractivity contribution in [2.75, 3.05) is 33.7 Å². The Bertz CT molecular complexity index is 1130. The largest absolute Gasteiger partial charge is 0.414 e. The Balaban J connectivity index is 0.00000320. The van der Waals surface area contributed by atoms with Crippen LogP contribution in [-0.2, 0) is 6.42 Å². The van der Waals surface area contributed by atoms with Crippen LogP contribution in [0.25, 0.3) is 0 Å². The molecule has 7 nitrogen and oxygen atoms in total. The van der Waals surface area contributed by atoms with E-state index < -0.39 is 0 Å². The number of nitrogens with zero attached hydrogens (tertiary/aromatic N) is 3. The summed E-state index contributed by atoms with van der Waals surface area (Å²) < 4.78 is 5.65. The lowest BCUT2D eigenvalue weighted by Crippen LogP contribution is -2.36. The van der Waals surface area contributed by atoms with Gasteiger partial charge in [-0.3, -0.25) is 19.4 Å². The molecule has 5 rings (SSSR count). The van der Waals surface area contributed by atoms with Crippen molar-refractivity contribution in [1.29, 1.82) is 0 Å². The van der Waals surface area contributed by atoms with Gasteiger partial charge in [-0.25, -0.2) is 4.79 Å². The molecule has 1 saturated heterocycles. The average Bonchev–Trinajstić information content (AvgIpc) is 3.40. The Kier molecular flexibility index (Phi) is 8.55. The Morgan fingerprint density at radius 1 is 0.919 bits per heavy atom. The first-order valence-corrected chi connectivity index (χ1v) is 13.2. The normalized spacial score (nSPS) is 20.2. The summed E-state index contributed by atoms with van der Waals surface area (Å²) in [6.45, 7) is 2.68. The van der Waals surface area contributed by atoms with Crippen LogP contribution in [0.3, 0.4) is 0 Å². The monoisotopic (exact) mass is 525 g/mol. The van der Waals surface area contributed by atoms with Gasteiger partial charge in [0, 0.05) is 32.6 Å². The number of hydrogen-bond acceptors (Lipinski definition) is 5. The van der Waals surface area contributed by atoms with Crippen LogP contribution in [0.1, 0.15) is 76.3 Å². The first kappa shape index (κ1) is 27.1. The molecule has 0 spiro atoms. The van der Waals surface area contributed by atoms with Gasteiger partial charge in [-0.15, -0.1) is 12.4 Å². The molecule has 1 fully saturated rings. The van der Waals surface area contributed by atoms with Crippen LogP contribution in [0.2, 0.25) is 0 Å². The fraction of sp³-hybridized carbons (Fsp3) is 0.483. The Morgan fingerprint density at radius 2 is 1.59 bits per heavy atom. The highest BCUT2D eigenvalue weighted by molar-refractivity contribution is 6.21. The first-order chi connectivity index (χ1) is 17.5. The summed E-state index contributed by atoms with van der Waals surface area (Å²) in [5.41, 5.74) is 3.61. The third-order valence-electron chi connectivity index (χ3n) is 7.94. The molecule has 2 heterocycles. The van der Waals surface area contributed by atoms with Crippen molar-refractivity contribution in [1.82, 2.24) is 14.7 Å². The van der Waals surface area contributed by atoms with Gasteiger partial charge in [-0.05, 0) is 74.5 Å². The number of carbonyl (C=O) groups is 3. The number of imide groups is 1. The molecule has 198 valence electrons. The van der Waals surface area contributed by atoms with Crippen LogP contribution in [0.15, 0.2) is 42.5 Å². The SMILES string of the molecule is CN(C)C(=O)Oc1cccc2c1CC[C@H]1[C@@H]2CCN1CCCCCCN1C(=O)c2ccccc2C1=O.Cl. The van der Waals surface area contributed by atoms with Crippen LogP contribution < -0.4 is 4.74 Å². The maximum atomic E-state index is 12.5. The molecule has 3 aliphatic rings. The third kappa shape index (κ3) is 5.39. The number of rotatable bonds is 8. The summed E-state index contributed by atoms with van der Waals surface area (Å²) in [6, 6.07) is 13.8. The standard InChI is InChI=1S/C29H35N3O4.ClH/c1-30(2)29(35)36-26-13-9-12-20-21-16-19-31(25(21)15-14-22(20)26)17-7-3-4-8-18-32-27(33)23-10-5-6-11-24(23)28(32)34;/h5-6,9-13,21,25H,3-4,7-8,14-19H2,1-2H3;1H/t21-,25+;/m1./s1. The molecule has 1 aliphatic carbocycles. The smallest absolute Gasteiger partial charge is 0.410 e. The zero-order valence-corrected chi connectivity index (χ0v) is 22.5. The summed E-state index contributed by atoms with van der Waals surface area (Å²) in [5, 5.41) is 0. The van der Waals surface area contributed by atoms with E-state index in [1.54, 1.807) is 38.4 Å². The molecule has 2 atom stereocenters. The van der Waals surface area contributed by atoms with Crippen molar-refractivity contribution in [3.63, 3.8) is 0 Å². The quantitative estimate of drug-likeness (QED) is 0.353. The first-order valence-electron chi connectivity index (χ1n) is 13.2. The lowest BCUT2D eigenvalue weighted by atomic mass is 9.79. The van der Waals surface area contributed by atoms with Crippen molar-refractivity contribution in [3.05, 3.63) is 64.7 Å². The average molecular weight is 526 g/mol. The van der Waals surface area contributed by atoms with E-state index in [9.17, 15) is 14.4 Å². The molecule has 0 saturated carbocycles. The van der Waals surface area contributed by atoms with Gasteiger partial charge in [-0.2, -0.15) is 0 Å². The number of likely N-dealkylation sites (tertiary alicyclic amines) is 1. The fourth-order valence-corrected chi connectivity index (χ4v) is 6.09. The van der Waals surface area contributed by atoms with Gasteiger partial charge in [0.1, 0.15) is 5.75 Å². The molecule has 0 N–H and O–H groups in total. The van der Waals surface area contributed by atoms with Crippen molar-refractivity contribution >= 4 is 30.3 Å². The zero-order chi connectivity index (χ0) is 25.2. The van der Waals surface area contributed by atoms with Gasteiger partial charge in [0.25, 0.3) is 11.8 Å². The second-order valence-corrected chi connectivity index (χ2v) is 10.3. The second-order valence-electron chi connectivity index (χ2n) is 10.3.